The van der Waals surface area contributed by atoms with E-state index < -0.39 is 5.97 Å². The van der Waals surface area contributed by atoms with Crippen molar-refractivity contribution < 1.29 is 14.7 Å². The Morgan fingerprint density at radius 1 is 0.808 bits per heavy atom. The predicted octanol–water partition coefficient (Wildman–Crippen LogP) is 5.65. The van der Waals surface area contributed by atoms with Crippen LogP contribution >= 0.6 is 11.8 Å². The van der Waals surface area contributed by atoms with E-state index >= 15 is 0 Å². The lowest BCUT2D eigenvalue weighted by molar-refractivity contribution is 0.0699. The number of carboxylic acids is 1. The van der Waals surface area contributed by atoms with Crippen LogP contribution in [0.5, 0.6) is 0 Å². The summed E-state index contributed by atoms with van der Waals surface area (Å²) in [5, 5.41) is 13.1. The molecule has 0 radical (unpaired) electrons. The highest BCUT2D eigenvalue weighted by Gasteiger charge is 2.14. The minimum Gasteiger partial charge on any atom is -0.478 e. The molecule has 0 fully saturated rings. The Hall–Kier alpha value is -3.11. The SMILES string of the molecule is O=Cc1ccc2ccccc2c1Sc1ccc(C(=O)O)c2ccccc12. The molecule has 0 aliphatic heterocycles. The molecule has 0 saturated carbocycles. The van der Waals surface area contributed by atoms with E-state index in [9.17, 15) is 14.7 Å². The van der Waals surface area contributed by atoms with Gasteiger partial charge >= 0.3 is 5.97 Å². The lowest BCUT2D eigenvalue weighted by Gasteiger charge is -2.12. The van der Waals surface area contributed by atoms with Gasteiger partial charge in [0.1, 0.15) is 0 Å². The molecular formula is C22H14O3S. The monoisotopic (exact) mass is 358 g/mol. The van der Waals surface area contributed by atoms with Gasteiger partial charge in [-0.15, -0.1) is 0 Å². The standard InChI is InChI=1S/C22H14O3S/c23-13-15-10-9-14-5-1-2-6-16(14)21(15)26-20-12-11-19(22(24)25)17-7-3-4-8-18(17)20/h1-13H,(H,24,25). The molecule has 4 aromatic rings. The van der Waals surface area contributed by atoms with Crippen molar-refractivity contribution in [2.75, 3.05) is 0 Å². The van der Waals surface area contributed by atoms with Gasteiger partial charge in [-0.1, -0.05) is 66.4 Å². The van der Waals surface area contributed by atoms with Crippen LogP contribution < -0.4 is 0 Å². The molecule has 0 aliphatic carbocycles. The first kappa shape index (κ1) is 16.4. The Morgan fingerprint density at radius 2 is 1.50 bits per heavy atom. The number of hydrogen-bond acceptors (Lipinski definition) is 3. The van der Waals surface area contributed by atoms with Crippen LogP contribution in [0.2, 0.25) is 0 Å². The van der Waals surface area contributed by atoms with Crippen LogP contribution in [0.3, 0.4) is 0 Å². The largest absolute Gasteiger partial charge is 0.478 e. The first-order chi connectivity index (χ1) is 12.7. The average Bonchev–Trinajstić information content (AvgIpc) is 2.68. The van der Waals surface area contributed by atoms with Gasteiger partial charge in [-0.3, -0.25) is 4.79 Å². The summed E-state index contributed by atoms with van der Waals surface area (Å²) in [4.78, 5) is 24.9. The summed E-state index contributed by atoms with van der Waals surface area (Å²) in [6, 6.07) is 22.6. The first-order valence-electron chi connectivity index (χ1n) is 8.09. The normalized spacial score (nSPS) is 10.9. The van der Waals surface area contributed by atoms with Crippen molar-refractivity contribution in [1.29, 1.82) is 0 Å². The summed E-state index contributed by atoms with van der Waals surface area (Å²) >= 11 is 1.49. The van der Waals surface area contributed by atoms with E-state index in [0.29, 0.717) is 10.9 Å². The van der Waals surface area contributed by atoms with Crippen molar-refractivity contribution >= 4 is 45.6 Å². The minimum absolute atomic E-state index is 0.276. The number of fused-ring (bicyclic) bond motifs is 2. The van der Waals surface area contributed by atoms with Gasteiger partial charge in [0.2, 0.25) is 0 Å². The number of rotatable bonds is 4. The smallest absolute Gasteiger partial charge is 0.336 e. The maximum Gasteiger partial charge on any atom is 0.336 e. The van der Waals surface area contributed by atoms with Crippen molar-refractivity contribution in [1.82, 2.24) is 0 Å². The van der Waals surface area contributed by atoms with E-state index in [4.69, 9.17) is 0 Å². The number of aldehydes is 1. The van der Waals surface area contributed by atoms with Gasteiger partial charge in [-0.2, -0.15) is 0 Å². The minimum atomic E-state index is -0.948. The number of carbonyl (C=O) groups excluding carboxylic acids is 1. The quantitative estimate of drug-likeness (QED) is 0.479. The molecule has 0 saturated heterocycles. The maximum atomic E-state index is 11.6. The molecule has 0 heterocycles. The molecule has 126 valence electrons. The number of benzene rings is 4. The highest BCUT2D eigenvalue weighted by Crippen LogP contribution is 2.39. The molecule has 26 heavy (non-hydrogen) atoms. The molecule has 0 amide bonds. The summed E-state index contributed by atoms with van der Waals surface area (Å²) < 4.78 is 0. The highest BCUT2D eigenvalue weighted by molar-refractivity contribution is 7.99. The van der Waals surface area contributed by atoms with Crippen molar-refractivity contribution in [3.8, 4) is 0 Å². The number of carbonyl (C=O) groups is 2. The molecule has 1 N–H and O–H groups in total. The number of hydrogen-bond donors (Lipinski definition) is 1. The van der Waals surface area contributed by atoms with Crippen molar-refractivity contribution in [2.24, 2.45) is 0 Å². The Labute approximate surface area is 154 Å². The molecule has 4 heteroatoms. The van der Waals surface area contributed by atoms with Crippen LogP contribution in [-0.4, -0.2) is 17.4 Å². The average molecular weight is 358 g/mol. The third-order valence-electron chi connectivity index (χ3n) is 4.36. The molecule has 0 aromatic heterocycles. The Morgan fingerprint density at radius 3 is 2.23 bits per heavy atom. The second kappa shape index (κ2) is 6.65. The third kappa shape index (κ3) is 2.74. The van der Waals surface area contributed by atoms with Crippen molar-refractivity contribution in [2.45, 2.75) is 9.79 Å². The summed E-state index contributed by atoms with van der Waals surface area (Å²) in [6.45, 7) is 0. The summed E-state index contributed by atoms with van der Waals surface area (Å²) in [5.74, 6) is -0.948. The number of aromatic carboxylic acids is 1. The molecule has 0 atom stereocenters. The van der Waals surface area contributed by atoms with Crippen molar-refractivity contribution in [3.05, 3.63) is 83.9 Å². The summed E-state index contributed by atoms with van der Waals surface area (Å²) in [7, 11) is 0. The predicted molar refractivity (Wildman–Crippen MR) is 104 cm³/mol. The van der Waals surface area contributed by atoms with E-state index in [0.717, 1.165) is 32.2 Å². The fourth-order valence-corrected chi connectivity index (χ4v) is 4.30. The first-order valence-corrected chi connectivity index (χ1v) is 8.90. The molecule has 0 unspecified atom stereocenters. The van der Waals surface area contributed by atoms with Gasteiger partial charge in [0.25, 0.3) is 0 Å². The molecule has 0 aliphatic rings. The topological polar surface area (TPSA) is 54.4 Å². The molecular weight excluding hydrogens is 344 g/mol. The molecule has 0 spiro atoms. The van der Waals surface area contributed by atoms with Gasteiger partial charge in [-0.05, 0) is 39.7 Å². The third-order valence-corrected chi connectivity index (χ3v) is 5.60. The fraction of sp³-hybridized carbons (Fsp3) is 0. The van der Waals surface area contributed by atoms with Gasteiger partial charge in [0.15, 0.2) is 6.29 Å². The number of carboxylic acid groups (broad SMARTS) is 1. The van der Waals surface area contributed by atoms with Crippen LogP contribution in [0.25, 0.3) is 21.5 Å². The van der Waals surface area contributed by atoms with E-state index in [2.05, 4.69) is 0 Å². The van der Waals surface area contributed by atoms with Crippen LogP contribution in [-0.2, 0) is 0 Å². The van der Waals surface area contributed by atoms with Gasteiger partial charge in [-0.25, -0.2) is 4.79 Å². The zero-order valence-electron chi connectivity index (χ0n) is 13.7. The zero-order chi connectivity index (χ0) is 18.1. The maximum absolute atomic E-state index is 11.6. The molecule has 3 nitrogen and oxygen atoms in total. The summed E-state index contributed by atoms with van der Waals surface area (Å²) in [5.41, 5.74) is 0.901. The molecule has 0 bridgehead atoms. The Balaban J connectivity index is 1.94. The summed E-state index contributed by atoms with van der Waals surface area (Å²) in [6.07, 6.45) is 0.864. The molecule has 4 rings (SSSR count). The van der Waals surface area contributed by atoms with E-state index in [-0.39, 0.29) is 5.56 Å². The lowest BCUT2D eigenvalue weighted by atomic mass is 10.0. The highest BCUT2D eigenvalue weighted by atomic mass is 32.2. The second-order valence-corrected chi connectivity index (χ2v) is 6.94. The van der Waals surface area contributed by atoms with Crippen molar-refractivity contribution in [3.63, 3.8) is 0 Å². The van der Waals surface area contributed by atoms with Gasteiger partial charge < -0.3 is 5.11 Å². The van der Waals surface area contributed by atoms with Crippen LogP contribution in [0.4, 0.5) is 0 Å². The van der Waals surface area contributed by atoms with E-state index in [1.165, 1.54) is 11.8 Å². The fourth-order valence-electron chi connectivity index (χ4n) is 3.12. The molecule has 4 aromatic carbocycles. The zero-order valence-corrected chi connectivity index (χ0v) is 14.5. The van der Waals surface area contributed by atoms with Crippen LogP contribution in [0.1, 0.15) is 20.7 Å². The van der Waals surface area contributed by atoms with E-state index in [1.807, 2.05) is 66.7 Å². The Kier molecular flexibility index (Phi) is 4.19. The lowest BCUT2D eigenvalue weighted by Crippen LogP contribution is -1.98. The second-order valence-electron chi connectivity index (χ2n) is 5.89. The Bertz CT molecular complexity index is 1160. The van der Waals surface area contributed by atoms with Gasteiger partial charge in [0, 0.05) is 15.4 Å². The van der Waals surface area contributed by atoms with Gasteiger partial charge in [0.05, 0.1) is 5.56 Å². The van der Waals surface area contributed by atoms with Crippen LogP contribution in [0, 0.1) is 0 Å². The van der Waals surface area contributed by atoms with Crippen LogP contribution in [0.15, 0.2) is 82.6 Å². The van der Waals surface area contributed by atoms with E-state index in [1.54, 1.807) is 6.07 Å².